The molecule has 1 aliphatic heterocycles. The van der Waals surface area contributed by atoms with E-state index in [1.165, 1.54) is 7.11 Å². The number of hydrogen-bond acceptors (Lipinski definition) is 6. The number of carbonyl (C=O) groups excluding carboxylic acids is 1. The molecule has 2 heterocycles. The van der Waals surface area contributed by atoms with E-state index >= 15 is 0 Å². The zero-order chi connectivity index (χ0) is 15.1. The first-order chi connectivity index (χ1) is 10.3. The highest BCUT2D eigenvalue weighted by Gasteiger charge is 2.20. The van der Waals surface area contributed by atoms with Crippen LogP contribution in [0.1, 0.15) is 41.9 Å². The van der Waals surface area contributed by atoms with Gasteiger partial charge in [-0.3, -0.25) is 0 Å². The summed E-state index contributed by atoms with van der Waals surface area (Å²) in [4.78, 5) is 11.7. The third-order valence-electron chi connectivity index (χ3n) is 3.68. The minimum Gasteiger partial charge on any atom is -0.464 e. The van der Waals surface area contributed by atoms with Gasteiger partial charge in [0, 0.05) is 26.7 Å². The van der Waals surface area contributed by atoms with Crippen molar-refractivity contribution in [3.05, 3.63) is 11.4 Å². The average molecular weight is 297 g/mol. The van der Waals surface area contributed by atoms with E-state index in [1.54, 1.807) is 11.8 Å². The summed E-state index contributed by atoms with van der Waals surface area (Å²) in [6, 6.07) is 0. The van der Waals surface area contributed by atoms with E-state index in [4.69, 9.17) is 14.2 Å². The molecule has 0 spiro atoms. The molecule has 0 radical (unpaired) electrons. The van der Waals surface area contributed by atoms with E-state index < -0.39 is 5.97 Å². The number of hydrogen-bond donors (Lipinski definition) is 0. The summed E-state index contributed by atoms with van der Waals surface area (Å²) in [7, 11) is 2.97. The summed E-state index contributed by atoms with van der Waals surface area (Å²) in [6.45, 7) is 2.12. The molecule has 1 atom stereocenters. The van der Waals surface area contributed by atoms with Gasteiger partial charge in [0.1, 0.15) is 0 Å². The van der Waals surface area contributed by atoms with E-state index in [1.807, 2.05) is 0 Å². The van der Waals surface area contributed by atoms with Gasteiger partial charge >= 0.3 is 5.97 Å². The SMILES string of the molecule is COCCc1c(C(=O)OC)nnn1CCCC1CCCO1. The maximum atomic E-state index is 11.7. The summed E-state index contributed by atoms with van der Waals surface area (Å²) < 4.78 is 17.2. The molecule has 1 aromatic rings. The molecule has 0 amide bonds. The summed E-state index contributed by atoms with van der Waals surface area (Å²) in [5.74, 6) is -0.452. The van der Waals surface area contributed by atoms with Crippen LogP contribution >= 0.6 is 0 Å². The molecule has 1 unspecified atom stereocenters. The molecule has 0 N–H and O–H groups in total. The Morgan fingerprint density at radius 2 is 2.33 bits per heavy atom. The Bertz CT molecular complexity index is 455. The Kier molecular flexibility index (Phi) is 6.13. The highest BCUT2D eigenvalue weighted by molar-refractivity contribution is 5.88. The van der Waals surface area contributed by atoms with Crippen LogP contribution in [-0.4, -0.2) is 54.5 Å². The van der Waals surface area contributed by atoms with Crippen molar-refractivity contribution in [2.75, 3.05) is 27.4 Å². The minimum atomic E-state index is -0.452. The van der Waals surface area contributed by atoms with Crippen LogP contribution in [0, 0.1) is 0 Å². The maximum absolute atomic E-state index is 11.7. The topological polar surface area (TPSA) is 75.5 Å². The molecule has 0 bridgehead atoms. The molecule has 0 saturated carbocycles. The van der Waals surface area contributed by atoms with Gasteiger partial charge in [-0.25, -0.2) is 9.48 Å². The van der Waals surface area contributed by atoms with Crippen molar-refractivity contribution in [1.29, 1.82) is 0 Å². The molecule has 0 aromatic carbocycles. The Hall–Kier alpha value is -1.47. The number of esters is 1. The molecule has 21 heavy (non-hydrogen) atoms. The van der Waals surface area contributed by atoms with Crippen molar-refractivity contribution in [3.8, 4) is 0 Å². The fourth-order valence-corrected chi connectivity index (χ4v) is 2.55. The Balaban J connectivity index is 1.96. The monoisotopic (exact) mass is 297 g/mol. The van der Waals surface area contributed by atoms with Gasteiger partial charge in [-0.15, -0.1) is 5.10 Å². The van der Waals surface area contributed by atoms with E-state index in [0.717, 1.165) is 44.5 Å². The minimum absolute atomic E-state index is 0.284. The Morgan fingerprint density at radius 1 is 1.48 bits per heavy atom. The average Bonchev–Trinajstić information content (AvgIpc) is 3.14. The molecule has 0 aliphatic carbocycles. The molecule has 1 fully saturated rings. The number of aromatic nitrogens is 3. The lowest BCUT2D eigenvalue weighted by Gasteiger charge is -2.10. The fourth-order valence-electron chi connectivity index (χ4n) is 2.55. The van der Waals surface area contributed by atoms with Gasteiger partial charge in [-0.2, -0.15) is 0 Å². The third-order valence-corrected chi connectivity index (χ3v) is 3.68. The summed E-state index contributed by atoms with van der Waals surface area (Å²) in [5, 5.41) is 8.01. The lowest BCUT2D eigenvalue weighted by Crippen LogP contribution is -2.13. The molecule has 1 aromatic heterocycles. The van der Waals surface area contributed by atoms with Crippen molar-refractivity contribution >= 4 is 5.97 Å². The summed E-state index contributed by atoms with van der Waals surface area (Å²) >= 11 is 0. The zero-order valence-electron chi connectivity index (χ0n) is 12.7. The van der Waals surface area contributed by atoms with Gasteiger partial charge in [-0.1, -0.05) is 5.21 Å². The van der Waals surface area contributed by atoms with Crippen LogP contribution < -0.4 is 0 Å². The first kappa shape index (κ1) is 15.9. The lowest BCUT2D eigenvalue weighted by atomic mass is 10.1. The quantitative estimate of drug-likeness (QED) is 0.671. The van der Waals surface area contributed by atoms with Crippen molar-refractivity contribution in [3.63, 3.8) is 0 Å². The normalized spacial score (nSPS) is 18.1. The largest absolute Gasteiger partial charge is 0.464 e. The Labute approximate surface area is 124 Å². The molecule has 1 saturated heterocycles. The molecular weight excluding hydrogens is 274 g/mol. The first-order valence-corrected chi connectivity index (χ1v) is 7.37. The second-order valence-electron chi connectivity index (χ2n) is 5.12. The highest BCUT2D eigenvalue weighted by atomic mass is 16.5. The van der Waals surface area contributed by atoms with Crippen molar-refractivity contribution in [1.82, 2.24) is 15.0 Å². The number of rotatable bonds is 8. The highest BCUT2D eigenvalue weighted by Crippen LogP contribution is 2.18. The van der Waals surface area contributed by atoms with Crippen molar-refractivity contribution in [2.45, 2.75) is 44.8 Å². The Morgan fingerprint density at radius 3 is 3.00 bits per heavy atom. The second kappa shape index (κ2) is 8.09. The summed E-state index contributed by atoms with van der Waals surface area (Å²) in [5.41, 5.74) is 1.06. The predicted octanol–water partition coefficient (Wildman–Crippen LogP) is 1.21. The molecule has 2 rings (SSSR count). The van der Waals surface area contributed by atoms with E-state index in [-0.39, 0.29) is 5.69 Å². The van der Waals surface area contributed by atoms with E-state index in [2.05, 4.69) is 10.3 Å². The molecule has 1 aliphatic rings. The van der Waals surface area contributed by atoms with Gasteiger partial charge in [0.2, 0.25) is 0 Å². The van der Waals surface area contributed by atoms with Gasteiger partial charge in [-0.05, 0) is 25.7 Å². The third kappa shape index (κ3) is 4.25. The zero-order valence-corrected chi connectivity index (χ0v) is 12.7. The maximum Gasteiger partial charge on any atom is 0.360 e. The van der Waals surface area contributed by atoms with Gasteiger partial charge in [0.05, 0.1) is 25.5 Å². The molecule has 7 nitrogen and oxygen atoms in total. The number of methoxy groups -OCH3 is 2. The number of aryl methyl sites for hydroxylation is 1. The molecule has 7 heteroatoms. The number of carbonyl (C=O) groups is 1. The van der Waals surface area contributed by atoms with Gasteiger partial charge in [0.25, 0.3) is 0 Å². The fraction of sp³-hybridized carbons (Fsp3) is 0.786. The van der Waals surface area contributed by atoms with Crippen molar-refractivity contribution in [2.24, 2.45) is 0 Å². The van der Waals surface area contributed by atoms with Crippen LogP contribution in [0.4, 0.5) is 0 Å². The predicted molar refractivity (Wildman–Crippen MR) is 75.1 cm³/mol. The van der Waals surface area contributed by atoms with Crippen molar-refractivity contribution < 1.29 is 19.0 Å². The summed E-state index contributed by atoms with van der Waals surface area (Å²) in [6.07, 6.45) is 5.22. The van der Waals surface area contributed by atoms with Crippen LogP contribution in [0.25, 0.3) is 0 Å². The van der Waals surface area contributed by atoms with Crippen LogP contribution in [0.5, 0.6) is 0 Å². The van der Waals surface area contributed by atoms with Crippen LogP contribution in [0.2, 0.25) is 0 Å². The number of ether oxygens (including phenoxy) is 3. The second-order valence-corrected chi connectivity index (χ2v) is 5.12. The standard InChI is InChI=1S/C14H23N3O4/c1-19-10-7-12-13(14(18)20-2)15-16-17(12)8-3-5-11-6-4-9-21-11/h11H,3-10H2,1-2H3. The number of nitrogens with zero attached hydrogens (tertiary/aromatic N) is 3. The first-order valence-electron chi connectivity index (χ1n) is 7.37. The molecular formula is C14H23N3O4. The van der Waals surface area contributed by atoms with Crippen LogP contribution in [0.15, 0.2) is 0 Å². The van der Waals surface area contributed by atoms with Crippen LogP contribution in [0.3, 0.4) is 0 Å². The molecule has 118 valence electrons. The van der Waals surface area contributed by atoms with Crippen LogP contribution in [-0.2, 0) is 27.2 Å². The smallest absolute Gasteiger partial charge is 0.360 e. The van der Waals surface area contributed by atoms with Gasteiger partial charge in [0.15, 0.2) is 5.69 Å². The van der Waals surface area contributed by atoms with E-state index in [0.29, 0.717) is 19.1 Å². The van der Waals surface area contributed by atoms with E-state index in [9.17, 15) is 4.79 Å². The van der Waals surface area contributed by atoms with Gasteiger partial charge < -0.3 is 14.2 Å². The lowest BCUT2D eigenvalue weighted by molar-refractivity contribution is 0.0592.